The highest BCUT2D eigenvalue weighted by molar-refractivity contribution is 7.16. The van der Waals surface area contributed by atoms with Crippen molar-refractivity contribution in [3.8, 4) is 0 Å². The van der Waals surface area contributed by atoms with Gasteiger partial charge in [-0.25, -0.2) is 4.98 Å². The molecule has 0 unspecified atom stereocenters. The number of hydrogen-bond acceptors (Lipinski definition) is 7. The van der Waals surface area contributed by atoms with Crippen molar-refractivity contribution >= 4 is 45.0 Å². The molecule has 180 valence electrons. The molecule has 11 heteroatoms. The van der Waals surface area contributed by atoms with Gasteiger partial charge in [0.25, 0.3) is 11.5 Å². The van der Waals surface area contributed by atoms with Gasteiger partial charge in [0.15, 0.2) is 0 Å². The van der Waals surface area contributed by atoms with Crippen LogP contribution in [0.3, 0.4) is 0 Å². The molecule has 0 spiro atoms. The predicted octanol–water partition coefficient (Wildman–Crippen LogP) is 2.32. The Labute approximate surface area is 204 Å². The van der Waals surface area contributed by atoms with Gasteiger partial charge >= 0.3 is 0 Å². The number of likely N-dealkylation sites (tertiary alicyclic amines) is 1. The number of rotatable bonds is 8. The van der Waals surface area contributed by atoms with Crippen molar-refractivity contribution in [2.45, 2.75) is 26.0 Å². The fourth-order valence-electron chi connectivity index (χ4n) is 3.92. The van der Waals surface area contributed by atoms with Gasteiger partial charge in [-0.05, 0) is 41.8 Å². The number of fused-ring (bicyclic) bond motifs is 1. The van der Waals surface area contributed by atoms with E-state index in [2.05, 4.69) is 15.3 Å². The number of nitrogens with zero attached hydrogens (tertiary/aromatic N) is 2. The molecule has 34 heavy (non-hydrogen) atoms. The number of halogens is 1. The van der Waals surface area contributed by atoms with E-state index in [4.69, 9.17) is 21.4 Å². The maximum Gasteiger partial charge on any atom is 0.287 e. The van der Waals surface area contributed by atoms with Crippen LogP contribution >= 0.6 is 22.9 Å². The summed E-state index contributed by atoms with van der Waals surface area (Å²) in [7, 11) is 0. The molecule has 2 amide bonds. The minimum absolute atomic E-state index is 0.0435. The fourth-order valence-corrected chi connectivity index (χ4v) is 5.06. The van der Waals surface area contributed by atoms with Gasteiger partial charge < -0.3 is 25.0 Å². The number of H-pyrrole nitrogens is 1. The quantitative estimate of drug-likeness (QED) is 0.432. The molecular weight excluding hydrogens is 480 g/mol. The largest absolute Gasteiger partial charge is 0.387 e. The lowest BCUT2D eigenvalue weighted by Crippen LogP contribution is -2.40. The van der Waals surface area contributed by atoms with Crippen molar-refractivity contribution in [1.29, 1.82) is 0 Å². The smallest absolute Gasteiger partial charge is 0.287 e. The van der Waals surface area contributed by atoms with E-state index in [0.717, 1.165) is 24.0 Å². The number of aromatic nitrogens is 2. The van der Waals surface area contributed by atoms with Gasteiger partial charge in [-0.1, -0.05) is 23.7 Å². The Kier molecular flexibility index (Phi) is 7.94. The molecule has 1 aliphatic rings. The Balaban J connectivity index is 1.33. The Bertz CT molecular complexity index is 1240. The molecule has 9 nitrogen and oxygen atoms in total. The maximum absolute atomic E-state index is 12.7. The molecule has 0 atom stereocenters. The van der Waals surface area contributed by atoms with E-state index in [-0.39, 0.29) is 30.4 Å². The monoisotopic (exact) mass is 504 g/mol. The number of carbonyl (C=O) groups excluding carboxylic acids is 2. The van der Waals surface area contributed by atoms with Gasteiger partial charge in [0.2, 0.25) is 11.7 Å². The van der Waals surface area contributed by atoms with Crippen molar-refractivity contribution in [2.75, 3.05) is 26.3 Å². The first-order valence-electron chi connectivity index (χ1n) is 10.9. The second-order valence-corrected chi connectivity index (χ2v) is 9.46. The molecule has 1 aromatic carbocycles. The normalized spacial score (nSPS) is 14.5. The molecule has 3 N–H and O–H groups in total. The lowest BCUT2D eigenvalue weighted by molar-refractivity contribution is -0.135. The summed E-state index contributed by atoms with van der Waals surface area (Å²) in [5.41, 5.74) is 1.19. The van der Waals surface area contributed by atoms with Crippen LogP contribution in [0, 0.1) is 5.92 Å². The van der Waals surface area contributed by atoms with Crippen LogP contribution in [0.4, 0.5) is 0 Å². The molecule has 0 saturated carbocycles. The molecular formula is C23H25ClN4O5S. The first-order chi connectivity index (χ1) is 16.4. The third-order valence-corrected chi connectivity index (χ3v) is 6.95. The average Bonchev–Trinajstić information content (AvgIpc) is 3.26. The van der Waals surface area contributed by atoms with Gasteiger partial charge in [0, 0.05) is 36.8 Å². The van der Waals surface area contributed by atoms with Crippen molar-refractivity contribution in [1.82, 2.24) is 20.2 Å². The van der Waals surface area contributed by atoms with E-state index in [1.165, 1.54) is 11.3 Å². The summed E-state index contributed by atoms with van der Waals surface area (Å²) < 4.78 is 5.86. The molecule has 3 aromatic rings. The first kappa shape index (κ1) is 24.3. The molecule has 3 heterocycles. The van der Waals surface area contributed by atoms with Crippen molar-refractivity contribution < 1.29 is 19.4 Å². The van der Waals surface area contributed by atoms with Crippen molar-refractivity contribution in [3.63, 3.8) is 0 Å². The number of nitrogens with one attached hydrogen (secondary N) is 2. The lowest BCUT2D eigenvalue weighted by atomic mass is 9.98. The third-order valence-electron chi connectivity index (χ3n) is 5.79. The van der Waals surface area contributed by atoms with Gasteiger partial charge in [-0.3, -0.25) is 14.4 Å². The molecule has 0 bridgehead atoms. The number of carbonyl (C=O) groups is 2. The van der Waals surface area contributed by atoms with Crippen LogP contribution in [-0.2, 0) is 22.7 Å². The highest BCUT2D eigenvalue weighted by Gasteiger charge is 2.22. The van der Waals surface area contributed by atoms with Gasteiger partial charge in [0.05, 0.1) is 12.0 Å². The van der Waals surface area contributed by atoms with E-state index in [9.17, 15) is 14.4 Å². The molecule has 4 rings (SSSR count). The number of thiophene rings is 1. The number of hydrogen-bond donors (Lipinski definition) is 3. The predicted molar refractivity (Wildman–Crippen MR) is 129 cm³/mol. The number of aliphatic hydroxyl groups excluding tert-OH is 1. The highest BCUT2D eigenvalue weighted by atomic mass is 35.5. The SMILES string of the molecule is O=C(NCc1cccc(Cl)c1)c1nc2scc(COCC3CCN(C(=O)CO)CC3)c2c(=O)[nH]1. The second kappa shape index (κ2) is 11.1. The third kappa shape index (κ3) is 5.82. The van der Waals surface area contributed by atoms with Gasteiger partial charge in [0.1, 0.15) is 11.4 Å². The van der Waals surface area contributed by atoms with Crippen LogP contribution in [0.1, 0.15) is 34.6 Å². The van der Waals surface area contributed by atoms with Crippen LogP contribution < -0.4 is 10.9 Å². The summed E-state index contributed by atoms with van der Waals surface area (Å²) in [5.74, 6) is -0.443. The highest BCUT2D eigenvalue weighted by Crippen LogP contribution is 2.23. The van der Waals surface area contributed by atoms with Gasteiger partial charge in [-0.2, -0.15) is 0 Å². The van der Waals surface area contributed by atoms with E-state index < -0.39 is 12.5 Å². The summed E-state index contributed by atoms with van der Waals surface area (Å²) in [5, 5.41) is 14.5. The van der Waals surface area contributed by atoms with E-state index in [1.54, 1.807) is 23.1 Å². The first-order valence-corrected chi connectivity index (χ1v) is 12.2. The summed E-state index contributed by atoms with van der Waals surface area (Å²) in [6.45, 7) is 1.81. The van der Waals surface area contributed by atoms with Crippen LogP contribution in [0.15, 0.2) is 34.4 Å². The number of piperidine rings is 1. The molecule has 2 aromatic heterocycles. The number of aliphatic hydroxyl groups is 1. The lowest BCUT2D eigenvalue weighted by Gasteiger charge is -2.31. The number of benzene rings is 1. The topological polar surface area (TPSA) is 125 Å². The Morgan fingerprint density at radius 3 is 2.85 bits per heavy atom. The Morgan fingerprint density at radius 1 is 1.32 bits per heavy atom. The van der Waals surface area contributed by atoms with Crippen LogP contribution in [0.25, 0.3) is 10.2 Å². The zero-order valence-corrected chi connectivity index (χ0v) is 20.0. The molecule has 1 fully saturated rings. The second-order valence-electron chi connectivity index (χ2n) is 8.17. The zero-order chi connectivity index (χ0) is 24.1. The van der Waals surface area contributed by atoms with Crippen LogP contribution in [0.2, 0.25) is 5.02 Å². The number of amides is 2. The molecule has 0 radical (unpaired) electrons. The van der Waals surface area contributed by atoms with Crippen LogP contribution in [-0.4, -0.2) is 58.1 Å². The Morgan fingerprint density at radius 2 is 2.12 bits per heavy atom. The van der Waals surface area contributed by atoms with Crippen molar-refractivity contribution in [3.05, 3.63) is 62.0 Å². The van der Waals surface area contributed by atoms with E-state index in [0.29, 0.717) is 40.9 Å². The summed E-state index contributed by atoms with van der Waals surface area (Å²) >= 11 is 7.26. The molecule has 0 aliphatic carbocycles. The zero-order valence-electron chi connectivity index (χ0n) is 18.4. The standard InChI is InChI=1S/C23H25ClN4O5S/c24-17-3-1-2-15(8-17)9-25-22(32)20-26-21(31)19-16(13-34-23(19)27-20)12-33-11-14-4-6-28(7-5-14)18(30)10-29/h1-3,8,13-14,29H,4-7,9-12H2,(H,25,32)(H,26,27,31). The minimum Gasteiger partial charge on any atom is -0.387 e. The summed E-state index contributed by atoms with van der Waals surface area (Å²) in [6.07, 6.45) is 1.62. The Hall–Kier alpha value is -2.79. The summed E-state index contributed by atoms with van der Waals surface area (Å²) in [4.78, 5) is 45.8. The fraction of sp³-hybridized carbons (Fsp3) is 0.391. The van der Waals surface area contributed by atoms with Gasteiger partial charge in [-0.15, -0.1) is 11.3 Å². The molecule has 1 aliphatic heterocycles. The van der Waals surface area contributed by atoms with E-state index >= 15 is 0 Å². The van der Waals surface area contributed by atoms with Crippen molar-refractivity contribution in [2.24, 2.45) is 5.92 Å². The maximum atomic E-state index is 12.7. The minimum atomic E-state index is -0.476. The van der Waals surface area contributed by atoms with E-state index in [1.807, 2.05) is 11.4 Å². The van der Waals surface area contributed by atoms with Crippen LogP contribution in [0.5, 0.6) is 0 Å². The molecule has 1 saturated heterocycles. The number of ether oxygens (including phenoxy) is 1. The summed E-state index contributed by atoms with van der Waals surface area (Å²) in [6, 6.07) is 7.15. The average molecular weight is 505 g/mol. The number of aromatic amines is 1.